The molecular formula is C20H18F2N4O. The fourth-order valence-electron chi connectivity index (χ4n) is 2.56. The minimum Gasteiger partial charge on any atom is -0.380 e. The van der Waals surface area contributed by atoms with Gasteiger partial charge in [-0.15, -0.1) is 0 Å². The SMILES string of the molecule is Cc1ccc(Nc2cc(NCc3cc(F)cc(F)c3)c(C(N)=O)cn2)cc1. The smallest absolute Gasteiger partial charge is 0.252 e. The quantitative estimate of drug-likeness (QED) is 0.611. The van der Waals surface area contributed by atoms with Crippen LogP contribution in [-0.4, -0.2) is 10.9 Å². The first kappa shape index (κ1) is 18.3. The number of carbonyl (C=O) groups excluding carboxylic acids is 1. The Hall–Kier alpha value is -3.48. The number of amides is 1. The van der Waals surface area contributed by atoms with Gasteiger partial charge in [0.25, 0.3) is 5.91 Å². The van der Waals surface area contributed by atoms with Crippen molar-refractivity contribution in [3.05, 3.63) is 83.1 Å². The Morgan fingerprint density at radius 3 is 2.37 bits per heavy atom. The van der Waals surface area contributed by atoms with Crippen molar-refractivity contribution in [2.24, 2.45) is 5.73 Å². The molecule has 0 atom stereocenters. The van der Waals surface area contributed by atoms with Gasteiger partial charge in [0.15, 0.2) is 0 Å². The number of anilines is 3. The molecule has 1 amide bonds. The van der Waals surface area contributed by atoms with Crippen LogP contribution in [0.2, 0.25) is 0 Å². The number of nitrogens with two attached hydrogens (primary N) is 1. The third-order valence-electron chi connectivity index (χ3n) is 3.90. The summed E-state index contributed by atoms with van der Waals surface area (Å²) in [6, 6.07) is 12.6. The highest BCUT2D eigenvalue weighted by atomic mass is 19.1. The highest BCUT2D eigenvalue weighted by Crippen LogP contribution is 2.22. The van der Waals surface area contributed by atoms with Gasteiger partial charge < -0.3 is 16.4 Å². The minimum absolute atomic E-state index is 0.114. The van der Waals surface area contributed by atoms with Gasteiger partial charge in [-0.25, -0.2) is 13.8 Å². The van der Waals surface area contributed by atoms with Crippen LogP contribution in [-0.2, 0) is 6.54 Å². The molecule has 3 rings (SSSR count). The highest BCUT2D eigenvalue weighted by molar-refractivity contribution is 5.98. The van der Waals surface area contributed by atoms with Gasteiger partial charge in [0.1, 0.15) is 17.5 Å². The molecule has 0 aliphatic rings. The number of pyridine rings is 1. The first-order valence-electron chi connectivity index (χ1n) is 8.23. The molecule has 0 spiro atoms. The molecule has 27 heavy (non-hydrogen) atoms. The zero-order chi connectivity index (χ0) is 19.4. The summed E-state index contributed by atoms with van der Waals surface area (Å²) in [5.74, 6) is -1.49. The molecule has 2 aromatic carbocycles. The van der Waals surface area contributed by atoms with Crippen LogP contribution in [0.4, 0.5) is 26.0 Å². The third kappa shape index (κ3) is 4.78. The van der Waals surface area contributed by atoms with Crippen molar-refractivity contribution in [1.82, 2.24) is 4.98 Å². The molecule has 0 bridgehead atoms. The Morgan fingerprint density at radius 2 is 1.74 bits per heavy atom. The summed E-state index contributed by atoms with van der Waals surface area (Å²) in [5.41, 5.74) is 8.34. The summed E-state index contributed by atoms with van der Waals surface area (Å²) < 4.78 is 26.7. The van der Waals surface area contributed by atoms with E-state index in [1.54, 1.807) is 6.07 Å². The second kappa shape index (κ2) is 7.82. The van der Waals surface area contributed by atoms with Gasteiger partial charge >= 0.3 is 0 Å². The maximum absolute atomic E-state index is 13.3. The van der Waals surface area contributed by atoms with E-state index in [2.05, 4.69) is 15.6 Å². The lowest BCUT2D eigenvalue weighted by Crippen LogP contribution is -2.15. The van der Waals surface area contributed by atoms with Gasteiger partial charge in [-0.3, -0.25) is 4.79 Å². The number of carbonyl (C=O) groups is 1. The molecule has 0 unspecified atom stereocenters. The van der Waals surface area contributed by atoms with Gasteiger partial charge in [-0.1, -0.05) is 17.7 Å². The number of halogens is 2. The summed E-state index contributed by atoms with van der Waals surface area (Å²) >= 11 is 0. The van der Waals surface area contributed by atoms with E-state index in [1.807, 2.05) is 31.2 Å². The molecule has 5 nitrogen and oxygen atoms in total. The van der Waals surface area contributed by atoms with Crippen LogP contribution in [0.1, 0.15) is 21.5 Å². The van der Waals surface area contributed by atoms with Crippen molar-refractivity contribution in [3.8, 4) is 0 Å². The van der Waals surface area contributed by atoms with Crippen molar-refractivity contribution in [2.75, 3.05) is 10.6 Å². The first-order chi connectivity index (χ1) is 12.9. The standard InChI is InChI=1S/C20H18F2N4O/c1-12-2-4-16(5-3-12)26-19-9-18(17(11-25-19)20(23)27)24-10-13-6-14(21)8-15(22)7-13/h2-9,11H,10H2,1H3,(H2,23,27)(H2,24,25,26). The maximum atomic E-state index is 13.3. The van der Waals surface area contributed by atoms with Crippen LogP contribution in [0.25, 0.3) is 0 Å². The van der Waals surface area contributed by atoms with Crippen LogP contribution >= 0.6 is 0 Å². The normalized spacial score (nSPS) is 10.5. The van der Waals surface area contributed by atoms with E-state index in [0.717, 1.165) is 17.3 Å². The lowest BCUT2D eigenvalue weighted by Gasteiger charge is -2.13. The van der Waals surface area contributed by atoms with E-state index in [-0.39, 0.29) is 12.1 Å². The molecule has 0 aliphatic carbocycles. The number of aromatic nitrogens is 1. The van der Waals surface area contributed by atoms with Gasteiger partial charge in [-0.2, -0.15) is 0 Å². The number of rotatable bonds is 6. The summed E-state index contributed by atoms with van der Waals surface area (Å²) in [7, 11) is 0. The summed E-state index contributed by atoms with van der Waals surface area (Å²) in [4.78, 5) is 15.8. The number of primary amides is 1. The fraction of sp³-hybridized carbons (Fsp3) is 0.100. The Labute approximate surface area is 155 Å². The van der Waals surface area contributed by atoms with Gasteiger partial charge in [0.05, 0.1) is 11.3 Å². The molecule has 0 radical (unpaired) electrons. The maximum Gasteiger partial charge on any atom is 0.252 e. The Balaban J connectivity index is 1.83. The third-order valence-corrected chi connectivity index (χ3v) is 3.90. The van der Waals surface area contributed by atoms with E-state index >= 15 is 0 Å². The van der Waals surface area contributed by atoms with Crippen molar-refractivity contribution in [2.45, 2.75) is 13.5 Å². The van der Waals surface area contributed by atoms with E-state index in [0.29, 0.717) is 17.1 Å². The second-order valence-electron chi connectivity index (χ2n) is 6.10. The first-order valence-corrected chi connectivity index (χ1v) is 8.23. The zero-order valence-electron chi connectivity index (χ0n) is 14.6. The topological polar surface area (TPSA) is 80.0 Å². The number of hydrogen-bond donors (Lipinski definition) is 3. The minimum atomic E-state index is -0.668. The van der Waals surface area contributed by atoms with E-state index in [9.17, 15) is 13.6 Å². The predicted octanol–water partition coefficient (Wildman–Crippen LogP) is 4.12. The Bertz CT molecular complexity index is 954. The molecule has 0 saturated heterocycles. The van der Waals surface area contributed by atoms with Gasteiger partial charge in [-0.05, 0) is 36.8 Å². The zero-order valence-corrected chi connectivity index (χ0v) is 14.6. The van der Waals surface area contributed by atoms with Crippen molar-refractivity contribution in [3.63, 3.8) is 0 Å². The van der Waals surface area contributed by atoms with Crippen LogP contribution in [0.5, 0.6) is 0 Å². The molecule has 0 fully saturated rings. The fourth-order valence-corrected chi connectivity index (χ4v) is 2.56. The molecule has 4 N–H and O–H groups in total. The van der Waals surface area contributed by atoms with Crippen LogP contribution < -0.4 is 16.4 Å². The monoisotopic (exact) mass is 368 g/mol. The van der Waals surface area contributed by atoms with Crippen LogP contribution in [0.3, 0.4) is 0 Å². The average Bonchev–Trinajstić information content (AvgIpc) is 2.61. The lowest BCUT2D eigenvalue weighted by molar-refractivity contribution is 0.100. The second-order valence-corrected chi connectivity index (χ2v) is 6.10. The average molecular weight is 368 g/mol. The van der Waals surface area contributed by atoms with E-state index < -0.39 is 17.5 Å². The molecule has 3 aromatic rings. The largest absolute Gasteiger partial charge is 0.380 e. The highest BCUT2D eigenvalue weighted by Gasteiger charge is 2.11. The molecule has 1 aromatic heterocycles. The summed E-state index contributed by atoms with van der Waals surface area (Å²) in [6.07, 6.45) is 1.35. The van der Waals surface area contributed by atoms with Crippen LogP contribution in [0, 0.1) is 18.6 Å². The number of nitrogens with one attached hydrogen (secondary N) is 2. The van der Waals surface area contributed by atoms with Gasteiger partial charge in [0.2, 0.25) is 0 Å². The molecule has 0 aliphatic heterocycles. The van der Waals surface area contributed by atoms with Crippen molar-refractivity contribution in [1.29, 1.82) is 0 Å². The van der Waals surface area contributed by atoms with Crippen LogP contribution in [0.15, 0.2) is 54.7 Å². The Kier molecular flexibility index (Phi) is 5.30. The summed E-state index contributed by atoms with van der Waals surface area (Å²) in [6.45, 7) is 2.10. The predicted molar refractivity (Wildman–Crippen MR) is 101 cm³/mol. The van der Waals surface area contributed by atoms with Crippen molar-refractivity contribution < 1.29 is 13.6 Å². The number of aryl methyl sites for hydroxylation is 1. The Morgan fingerprint density at radius 1 is 1.07 bits per heavy atom. The van der Waals surface area contributed by atoms with E-state index in [1.165, 1.54) is 18.3 Å². The lowest BCUT2D eigenvalue weighted by atomic mass is 10.1. The molecular weight excluding hydrogens is 350 g/mol. The molecule has 0 saturated carbocycles. The number of hydrogen-bond acceptors (Lipinski definition) is 4. The van der Waals surface area contributed by atoms with Gasteiger partial charge in [0, 0.05) is 30.6 Å². The molecule has 1 heterocycles. The molecule has 7 heteroatoms. The molecule has 138 valence electrons. The van der Waals surface area contributed by atoms with E-state index in [4.69, 9.17) is 5.73 Å². The van der Waals surface area contributed by atoms with Crippen molar-refractivity contribution >= 4 is 23.1 Å². The number of nitrogens with zero attached hydrogens (tertiary/aromatic N) is 1. The summed E-state index contributed by atoms with van der Waals surface area (Å²) in [5, 5.41) is 6.12. The number of benzene rings is 2.